The van der Waals surface area contributed by atoms with Crippen LogP contribution in [0.5, 0.6) is 0 Å². The van der Waals surface area contributed by atoms with Gasteiger partial charge in [0.15, 0.2) is 6.10 Å². The van der Waals surface area contributed by atoms with E-state index in [4.69, 9.17) is 4.74 Å². The molecule has 0 radical (unpaired) electrons. The summed E-state index contributed by atoms with van der Waals surface area (Å²) >= 11 is 0. The smallest absolute Gasteiger partial charge is 0.354 e. The van der Waals surface area contributed by atoms with Crippen molar-refractivity contribution in [2.45, 2.75) is 39.6 Å². The SMILES string of the molecule is Cc1nn(CCNC(=O)CO[C@H](c2ccccc2)C(F)(F)F)c(C)c1C. The van der Waals surface area contributed by atoms with Gasteiger partial charge in [-0.25, -0.2) is 0 Å². The largest absolute Gasteiger partial charge is 0.418 e. The molecule has 0 saturated carbocycles. The molecule has 0 saturated heterocycles. The van der Waals surface area contributed by atoms with Crippen molar-refractivity contribution in [3.63, 3.8) is 0 Å². The molecular weight excluding hydrogens is 347 g/mol. The van der Waals surface area contributed by atoms with Gasteiger partial charge in [0.25, 0.3) is 0 Å². The fourth-order valence-electron chi connectivity index (χ4n) is 2.52. The fraction of sp³-hybridized carbons (Fsp3) is 0.444. The Balaban J connectivity index is 1.85. The highest BCUT2D eigenvalue weighted by Gasteiger charge is 2.42. The molecule has 0 bridgehead atoms. The Bertz CT molecular complexity index is 742. The molecule has 5 nitrogen and oxygen atoms in total. The minimum Gasteiger partial charge on any atom is -0.354 e. The lowest BCUT2D eigenvalue weighted by Crippen LogP contribution is -2.33. The van der Waals surface area contributed by atoms with E-state index in [1.807, 2.05) is 20.8 Å². The molecule has 1 amide bonds. The van der Waals surface area contributed by atoms with Crippen LogP contribution >= 0.6 is 0 Å². The van der Waals surface area contributed by atoms with Crippen LogP contribution in [-0.2, 0) is 16.1 Å². The van der Waals surface area contributed by atoms with Crippen molar-refractivity contribution in [1.29, 1.82) is 0 Å². The van der Waals surface area contributed by atoms with Crippen LogP contribution in [0, 0.1) is 20.8 Å². The van der Waals surface area contributed by atoms with Gasteiger partial charge in [0.05, 0.1) is 12.2 Å². The molecule has 1 heterocycles. The lowest BCUT2D eigenvalue weighted by molar-refractivity contribution is -0.223. The van der Waals surface area contributed by atoms with E-state index in [0.717, 1.165) is 17.0 Å². The molecule has 26 heavy (non-hydrogen) atoms. The lowest BCUT2D eigenvalue weighted by Gasteiger charge is -2.21. The van der Waals surface area contributed by atoms with Gasteiger partial charge in [-0.05, 0) is 31.9 Å². The minimum atomic E-state index is -4.59. The van der Waals surface area contributed by atoms with Gasteiger partial charge < -0.3 is 10.1 Å². The summed E-state index contributed by atoms with van der Waals surface area (Å²) < 4.78 is 46.0. The Hall–Kier alpha value is -2.35. The fourth-order valence-corrected chi connectivity index (χ4v) is 2.52. The predicted molar refractivity (Wildman–Crippen MR) is 90.6 cm³/mol. The topological polar surface area (TPSA) is 56.2 Å². The number of ether oxygens (including phenoxy) is 1. The summed E-state index contributed by atoms with van der Waals surface area (Å²) in [6, 6.07) is 7.24. The summed E-state index contributed by atoms with van der Waals surface area (Å²) in [5, 5.41) is 6.89. The number of nitrogens with zero attached hydrogens (tertiary/aromatic N) is 2. The van der Waals surface area contributed by atoms with E-state index >= 15 is 0 Å². The van der Waals surface area contributed by atoms with Crippen LogP contribution < -0.4 is 5.32 Å². The van der Waals surface area contributed by atoms with Gasteiger partial charge in [-0.15, -0.1) is 0 Å². The Kier molecular flexibility index (Phi) is 6.42. The summed E-state index contributed by atoms with van der Waals surface area (Å²) in [4.78, 5) is 11.8. The quantitative estimate of drug-likeness (QED) is 0.815. The summed E-state index contributed by atoms with van der Waals surface area (Å²) in [6.45, 7) is 5.80. The standard InChI is InChI=1S/C18H22F3N3O2/c1-12-13(2)23-24(14(12)3)10-9-22-16(25)11-26-17(18(19,20)21)15-7-5-4-6-8-15/h4-8,17H,9-11H2,1-3H3,(H,22,25)/t17-/m1/s1. The number of nitrogens with one attached hydrogen (secondary N) is 1. The third kappa shape index (κ3) is 5.08. The maximum atomic E-state index is 13.1. The van der Waals surface area contributed by atoms with E-state index in [1.165, 1.54) is 24.3 Å². The van der Waals surface area contributed by atoms with Crippen LogP contribution in [0.3, 0.4) is 0 Å². The van der Waals surface area contributed by atoms with Crippen LogP contribution in [0.2, 0.25) is 0 Å². The number of rotatable bonds is 7. The van der Waals surface area contributed by atoms with Crippen molar-refractivity contribution in [1.82, 2.24) is 15.1 Å². The highest BCUT2D eigenvalue weighted by molar-refractivity contribution is 5.77. The van der Waals surface area contributed by atoms with Crippen LogP contribution in [-0.4, -0.2) is 35.0 Å². The molecule has 0 aliphatic rings. The third-order valence-electron chi connectivity index (χ3n) is 4.17. The van der Waals surface area contributed by atoms with Gasteiger partial charge in [-0.3, -0.25) is 9.48 Å². The molecule has 0 unspecified atom stereocenters. The van der Waals surface area contributed by atoms with Crippen molar-refractivity contribution < 1.29 is 22.7 Å². The number of hydrogen-bond acceptors (Lipinski definition) is 3. The average Bonchev–Trinajstić information content (AvgIpc) is 2.82. The molecule has 1 N–H and O–H groups in total. The zero-order valence-electron chi connectivity index (χ0n) is 14.9. The van der Waals surface area contributed by atoms with Crippen molar-refractivity contribution >= 4 is 5.91 Å². The van der Waals surface area contributed by atoms with E-state index in [-0.39, 0.29) is 12.1 Å². The Labute approximate surface area is 150 Å². The number of benzene rings is 1. The molecule has 0 fully saturated rings. The summed E-state index contributed by atoms with van der Waals surface area (Å²) in [7, 11) is 0. The zero-order chi connectivity index (χ0) is 19.3. The van der Waals surface area contributed by atoms with Crippen LogP contribution in [0.1, 0.15) is 28.6 Å². The van der Waals surface area contributed by atoms with Gasteiger partial charge in [-0.2, -0.15) is 18.3 Å². The maximum absolute atomic E-state index is 13.1. The second-order valence-corrected chi connectivity index (χ2v) is 6.01. The first kappa shape index (κ1) is 20.0. The first-order valence-electron chi connectivity index (χ1n) is 8.20. The first-order valence-corrected chi connectivity index (χ1v) is 8.20. The van der Waals surface area contributed by atoms with Gasteiger partial charge in [-0.1, -0.05) is 30.3 Å². The van der Waals surface area contributed by atoms with Gasteiger partial charge in [0.2, 0.25) is 5.91 Å². The number of hydrogen-bond donors (Lipinski definition) is 1. The Morgan fingerprint density at radius 3 is 2.42 bits per heavy atom. The number of halogens is 3. The van der Waals surface area contributed by atoms with E-state index in [2.05, 4.69) is 10.4 Å². The van der Waals surface area contributed by atoms with Crippen LogP contribution in [0.15, 0.2) is 30.3 Å². The third-order valence-corrected chi connectivity index (χ3v) is 4.17. The van der Waals surface area contributed by atoms with Crippen molar-refractivity contribution in [3.8, 4) is 0 Å². The molecule has 2 rings (SSSR count). The Morgan fingerprint density at radius 2 is 1.88 bits per heavy atom. The molecular formula is C18H22F3N3O2. The molecule has 2 aromatic rings. The van der Waals surface area contributed by atoms with E-state index < -0.39 is 24.8 Å². The second kappa shape index (κ2) is 8.35. The maximum Gasteiger partial charge on any atom is 0.418 e. The number of carbonyl (C=O) groups is 1. The molecule has 1 aromatic heterocycles. The molecule has 0 aliphatic carbocycles. The number of amides is 1. The normalized spacial score (nSPS) is 12.8. The first-order chi connectivity index (χ1) is 12.2. The number of aryl methyl sites for hydroxylation is 1. The summed E-state index contributed by atoms with van der Waals surface area (Å²) in [5.41, 5.74) is 2.95. The highest BCUT2D eigenvalue weighted by atomic mass is 19.4. The van der Waals surface area contributed by atoms with Crippen LogP contribution in [0.4, 0.5) is 13.2 Å². The van der Waals surface area contributed by atoms with Crippen molar-refractivity contribution in [3.05, 3.63) is 52.8 Å². The number of carbonyl (C=O) groups excluding carboxylic acids is 1. The summed E-state index contributed by atoms with van der Waals surface area (Å²) in [6.07, 6.45) is -6.73. The number of aromatic nitrogens is 2. The predicted octanol–water partition coefficient (Wildman–Crippen LogP) is 3.24. The molecule has 8 heteroatoms. The van der Waals surface area contributed by atoms with E-state index in [1.54, 1.807) is 10.7 Å². The minimum absolute atomic E-state index is 0.0362. The molecule has 0 aliphatic heterocycles. The molecule has 142 valence electrons. The van der Waals surface area contributed by atoms with Crippen molar-refractivity contribution in [2.24, 2.45) is 0 Å². The van der Waals surface area contributed by atoms with E-state index in [9.17, 15) is 18.0 Å². The van der Waals surface area contributed by atoms with Crippen molar-refractivity contribution in [2.75, 3.05) is 13.2 Å². The number of alkyl halides is 3. The molecule has 1 aromatic carbocycles. The zero-order valence-corrected chi connectivity index (χ0v) is 14.9. The molecule has 0 spiro atoms. The van der Waals surface area contributed by atoms with Crippen LogP contribution in [0.25, 0.3) is 0 Å². The highest BCUT2D eigenvalue weighted by Crippen LogP contribution is 2.35. The summed E-state index contributed by atoms with van der Waals surface area (Å²) in [5.74, 6) is -0.603. The Morgan fingerprint density at radius 1 is 1.23 bits per heavy atom. The molecule has 1 atom stereocenters. The second-order valence-electron chi connectivity index (χ2n) is 6.01. The average molecular weight is 369 g/mol. The van der Waals surface area contributed by atoms with Gasteiger partial charge in [0.1, 0.15) is 6.61 Å². The lowest BCUT2D eigenvalue weighted by atomic mass is 10.1. The van der Waals surface area contributed by atoms with Gasteiger partial charge >= 0.3 is 6.18 Å². The monoisotopic (exact) mass is 369 g/mol. The van der Waals surface area contributed by atoms with E-state index in [0.29, 0.717) is 6.54 Å². The van der Waals surface area contributed by atoms with Gasteiger partial charge in [0, 0.05) is 12.2 Å².